The van der Waals surface area contributed by atoms with Crippen LogP contribution in [0.5, 0.6) is 11.5 Å². The van der Waals surface area contributed by atoms with Gasteiger partial charge in [0.15, 0.2) is 18.1 Å². The molecule has 2 N–H and O–H groups in total. The zero-order valence-electron chi connectivity index (χ0n) is 15.0. The van der Waals surface area contributed by atoms with Crippen molar-refractivity contribution >= 4 is 40.5 Å². The molecule has 8 heteroatoms. The lowest BCUT2D eigenvalue weighted by atomic mass is 9.95. The van der Waals surface area contributed by atoms with E-state index in [-0.39, 0.29) is 17.5 Å². The zero-order chi connectivity index (χ0) is 19.8. The monoisotopic (exact) mass is 484 g/mol. The number of nitriles is 1. The minimum absolute atomic E-state index is 0.0117. The number of nitrogens with one attached hydrogen (secondary N) is 1. The molecule has 7 nitrogen and oxygen atoms in total. The van der Waals surface area contributed by atoms with Crippen molar-refractivity contribution in [3.8, 4) is 17.6 Å². The third-order valence-electron chi connectivity index (χ3n) is 4.21. The summed E-state index contributed by atoms with van der Waals surface area (Å²) in [5.41, 5.74) is 0.604. The van der Waals surface area contributed by atoms with E-state index in [2.05, 4.69) is 5.32 Å². The van der Waals surface area contributed by atoms with Crippen molar-refractivity contribution in [1.29, 1.82) is 5.26 Å². The molecule has 0 radical (unpaired) electrons. The minimum Gasteiger partial charge on any atom is -0.493 e. The van der Waals surface area contributed by atoms with Crippen LogP contribution in [-0.2, 0) is 9.59 Å². The molecule has 1 fully saturated rings. The van der Waals surface area contributed by atoms with E-state index in [9.17, 15) is 14.9 Å². The minimum atomic E-state index is -1.09. The molecule has 0 unspecified atom stereocenters. The maximum atomic E-state index is 12.4. The van der Waals surface area contributed by atoms with Crippen molar-refractivity contribution in [2.24, 2.45) is 0 Å². The second kappa shape index (κ2) is 10.2. The van der Waals surface area contributed by atoms with E-state index in [0.717, 1.165) is 25.7 Å². The summed E-state index contributed by atoms with van der Waals surface area (Å²) in [5, 5.41) is 21.1. The quantitative estimate of drug-likeness (QED) is 0.350. The molecule has 1 aromatic rings. The highest BCUT2D eigenvalue weighted by Gasteiger charge is 2.19. The number of carboxylic acid groups (broad SMARTS) is 1. The number of amides is 1. The Morgan fingerprint density at radius 3 is 2.67 bits per heavy atom. The Balaban J connectivity index is 2.21. The highest BCUT2D eigenvalue weighted by molar-refractivity contribution is 14.1. The van der Waals surface area contributed by atoms with Crippen molar-refractivity contribution < 1.29 is 24.2 Å². The number of hydrogen-bond acceptors (Lipinski definition) is 5. The average molecular weight is 484 g/mol. The fourth-order valence-electron chi connectivity index (χ4n) is 2.92. The SMILES string of the molecule is COc1cc(/C=C(\C#N)C(=O)NC2CCCCC2)cc(I)c1OCC(=O)O. The first kappa shape index (κ1) is 21.0. The summed E-state index contributed by atoms with van der Waals surface area (Å²) < 4.78 is 11.1. The molecule has 1 aliphatic rings. The number of hydrogen-bond donors (Lipinski definition) is 2. The predicted molar refractivity (Wildman–Crippen MR) is 107 cm³/mol. The largest absolute Gasteiger partial charge is 0.493 e. The van der Waals surface area contributed by atoms with Gasteiger partial charge >= 0.3 is 5.97 Å². The van der Waals surface area contributed by atoms with Gasteiger partial charge in [-0.2, -0.15) is 5.26 Å². The molecule has 1 aromatic carbocycles. The van der Waals surface area contributed by atoms with Crippen LogP contribution in [0.15, 0.2) is 17.7 Å². The number of carboxylic acids is 1. The smallest absolute Gasteiger partial charge is 0.341 e. The molecule has 0 spiro atoms. The van der Waals surface area contributed by atoms with E-state index < -0.39 is 12.6 Å². The molecule has 0 bridgehead atoms. The molecule has 1 amide bonds. The van der Waals surface area contributed by atoms with Gasteiger partial charge in [-0.15, -0.1) is 0 Å². The van der Waals surface area contributed by atoms with E-state index in [0.29, 0.717) is 20.6 Å². The van der Waals surface area contributed by atoms with Crippen LogP contribution in [0.4, 0.5) is 0 Å². The first-order chi connectivity index (χ1) is 12.9. The Kier molecular flexibility index (Phi) is 7.91. The van der Waals surface area contributed by atoms with Crippen molar-refractivity contribution in [2.75, 3.05) is 13.7 Å². The number of nitrogens with zero attached hydrogens (tertiary/aromatic N) is 1. The van der Waals surface area contributed by atoms with Crippen LogP contribution >= 0.6 is 22.6 Å². The normalized spacial score (nSPS) is 14.9. The first-order valence-electron chi connectivity index (χ1n) is 8.59. The number of ether oxygens (including phenoxy) is 2. The van der Waals surface area contributed by atoms with Crippen LogP contribution in [0.3, 0.4) is 0 Å². The van der Waals surface area contributed by atoms with Crippen LogP contribution < -0.4 is 14.8 Å². The fourth-order valence-corrected chi connectivity index (χ4v) is 3.70. The van der Waals surface area contributed by atoms with Crippen LogP contribution in [0.25, 0.3) is 6.08 Å². The Bertz CT molecular complexity index is 779. The van der Waals surface area contributed by atoms with Crippen LogP contribution in [0.1, 0.15) is 37.7 Å². The lowest BCUT2D eigenvalue weighted by molar-refractivity contribution is -0.139. The molecule has 2 rings (SSSR count). The second-order valence-electron chi connectivity index (χ2n) is 6.19. The Morgan fingerprint density at radius 1 is 1.37 bits per heavy atom. The van der Waals surface area contributed by atoms with Crippen molar-refractivity contribution in [3.63, 3.8) is 0 Å². The Morgan fingerprint density at radius 2 is 2.07 bits per heavy atom. The van der Waals surface area contributed by atoms with Gasteiger partial charge in [0.05, 0.1) is 10.7 Å². The molecule has 0 heterocycles. The van der Waals surface area contributed by atoms with Gasteiger partial charge in [0.2, 0.25) is 0 Å². The van der Waals surface area contributed by atoms with Crippen molar-refractivity contribution in [1.82, 2.24) is 5.32 Å². The zero-order valence-corrected chi connectivity index (χ0v) is 17.1. The number of carbonyl (C=O) groups is 2. The topological polar surface area (TPSA) is 109 Å². The maximum Gasteiger partial charge on any atom is 0.341 e. The first-order valence-corrected chi connectivity index (χ1v) is 9.67. The van der Waals surface area contributed by atoms with Gasteiger partial charge in [-0.1, -0.05) is 19.3 Å². The van der Waals surface area contributed by atoms with Gasteiger partial charge in [-0.25, -0.2) is 4.79 Å². The third-order valence-corrected chi connectivity index (χ3v) is 5.01. The summed E-state index contributed by atoms with van der Waals surface area (Å²) in [5.74, 6) is -0.838. The molecule has 0 aromatic heterocycles. The van der Waals surface area contributed by atoms with E-state index in [1.54, 1.807) is 12.1 Å². The summed E-state index contributed by atoms with van der Waals surface area (Å²) in [4.78, 5) is 23.1. The molecule has 27 heavy (non-hydrogen) atoms. The summed E-state index contributed by atoms with van der Waals surface area (Å²) >= 11 is 1.99. The molecule has 1 saturated carbocycles. The average Bonchev–Trinajstić information content (AvgIpc) is 2.65. The van der Waals surface area contributed by atoms with Gasteiger partial charge in [-0.3, -0.25) is 4.79 Å². The standard InChI is InChI=1S/C19H21IN2O5/c1-26-16-9-12(8-15(20)18(16)27-11-17(23)24)7-13(10-21)19(25)22-14-5-3-2-4-6-14/h7-9,14H,2-6,11H2,1H3,(H,22,25)(H,23,24)/b13-7+. The van der Waals surface area contributed by atoms with E-state index in [4.69, 9.17) is 14.6 Å². The number of aliphatic carboxylic acids is 1. The molecule has 0 aliphatic heterocycles. The number of benzene rings is 1. The van der Waals surface area contributed by atoms with Crippen molar-refractivity contribution in [3.05, 3.63) is 26.8 Å². The summed E-state index contributed by atoms with van der Waals surface area (Å²) in [6.07, 6.45) is 6.72. The van der Waals surface area contributed by atoms with Crippen LogP contribution in [-0.4, -0.2) is 36.7 Å². The number of halogens is 1. The second-order valence-corrected chi connectivity index (χ2v) is 7.36. The van der Waals surface area contributed by atoms with Gasteiger partial charge in [0.1, 0.15) is 11.6 Å². The van der Waals surface area contributed by atoms with Gasteiger partial charge < -0.3 is 19.9 Å². The summed E-state index contributed by atoms with van der Waals surface area (Å²) in [6, 6.07) is 5.37. The number of carbonyl (C=O) groups excluding carboxylic acids is 1. The highest BCUT2D eigenvalue weighted by Crippen LogP contribution is 2.34. The molecular formula is C19H21IN2O5. The van der Waals surface area contributed by atoms with Gasteiger partial charge in [0, 0.05) is 6.04 Å². The molecule has 1 aliphatic carbocycles. The lowest BCUT2D eigenvalue weighted by Crippen LogP contribution is -2.36. The van der Waals surface area contributed by atoms with Crippen LogP contribution in [0, 0.1) is 14.9 Å². The molecule has 0 saturated heterocycles. The molecular weight excluding hydrogens is 463 g/mol. The third kappa shape index (κ3) is 6.13. The van der Waals surface area contributed by atoms with Gasteiger partial charge in [-0.05, 0) is 59.2 Å². The number of rotatable bonds is 7. The highest BCUT2D eigenvalue weighted by atomic mass is 127. The van der Waals surface area contributed by atoms with Gasteiger partial charge in [0.25, 0.3) is 5.91 Å². The number of methoxy groups -OCH3 is 1. The fraction of sp³-hybridized carbons (Fsp3) is 0.421. The maximum absolute atomic E-state index is 12.4. The van der Waals surface area contributed by atoms with E-state index in [1.807, 2.05) is 28.7 Å². The summed E-state index contributed by atoms with van der Waals surface area (Å²) in [7, 11) is 1.44. The Hall–Kier alpha value is -2.28. The van der Waals surface area contributed by atoms with E-state index in [1.165, 1.54) is 19.6 Å². The summed E-state index contributed by atoms with van der Waals surface area (Å²) in [6.45, 7) is -0.491. The van der Waals surface area contributed by atoms with Crippen molar-refractivity contribution in [2.45, 2.75) is 38.1 Å². The lowest BCUT2D eigenvalue weighted by Gasteiger charge is -2.22. The van der Waals surface area contributed by atoms with E-state index >= 15 is 0 Å². The van der Waals surface area contributed by atoms with Crippen LogP contribution in [0.2, 0.25) is 0 Å². The Labute approximate surface area is 171 Å². The molecule has 0 atom stereocenters. The predicted octanol–water partition coefficient (Wildman–Crippen LogP) is 3.12. The molecule has 144 valence electrons.